The molecule has 0 saturated carbocycles. The molecule has 0 amide bonds. The van der Waals surface area contributed by atoms with Crippen LogP contribution in [0.15, 0.2) is 52.0 Å². The van der Waals surface area contributed by atoms with Crippen LogP contribution < -0.4 is 10.0 Å². The lowest BCUT2D eigenvalue weighted by molar-refractivity contribution is 0.584. The van der Waals surface area contributed by atoms with Crippen LogP contribution in [0.1, 0.15) is 12.6 Å². The van der Waals surface area contributed by atoms with Gasteiger partial charge in [-0.25, -0.2) is 18.1 Å². The summed E-state index contributed by atoms with van der Waals surface area (Å²) < 4.78 is 26.9. The van der Waals surface area contributed by atoms with E-state index >= 15 is 0 Å². The van der Waals surface area contributed by atoms with Gasteiger partial charge < -0.3 is 5.32 Å². The Morgan fingerprint density at radius 3 is 2.48 bits per heavy atom. The van der Waals surface area contributed by atoms with E-state index in [-0.39, 0.29) is 4.90 Å². The number of nitrogens with zero attached hydrogens (tertiary/aromatic N) is 1. The van der Waals surface area contributed by atoms with Crippen molar-refractivity contribution in [3.05, 3.63) is 52.8 Å². The number of halogens is 1. The summed E-state index contributed by atoms with van der Waals surface area (Å²) in [5, 5.41) is 3.20. The highest BCUT2D eigenvalue weighted by Gasteiger charge is 2.11. The van der Waals surface area contributed by atoms with Crippen LogP contribution >= 0.6 is 15.9 Å². The minimum atomic E-state index is -3.40. The zero-order chi connectivity index (χ0) is 15.3. The number of sulfonamides is 1. The molecule has 0 saturated heterocycles. The fourth-order valence-corrected chi connectivity index (χ4v) is 3.19. The molecular weight excluding hydrogens is 354 g/mol. The molecule has 1 aromatic heterocycles. The monoisotopic (exact) mass is 369 g/mol. The maximum Gasteiger partial charge on any atom is 0.240 e. The highest BCUT2D eigenvalue weighted by atomic mass is 79.9. The van der Waals surface area contributed by atoms with Crippen LogP contribution in [0.4, 0.5) is 5.69 Å². The van der Waals surface area contributed by atoms with E-state index in [4.69, 9.17) is 0 Å². The zero-order valence-corrected chi connectivity index (χ0v) is 13.9. The molecule has 0 fully saturated rings. The van der Waals surface area contributed by atoms with Crippen LogP contribution in [0.3, 0.4) is 0 Å². The van der Waals surface area contributed by atoms with Crippen molar-refractivity contribution in [3.63, 3.8) is 0 Å². The second kappa shape index (κ2) is 7.02. The number of hydrogen-bond acceptors (Lipinski definition) is 4. The number of aromatic nitrogens is 1. The predicted octanol–water partition coefficient (Wildman–Crippen LogP) is 2.75. The quantitative estimate of drug-likeness (QED) is 0.768. The van der Waals surface area contributed by atoms with Crippen molar-refractivity contribution in [2.75, 3.05) is 11.9 Å². The van der Waals surface area contributed by atoms with Gasteiger partial charge in [0.2, 0.25) is 10.0 Å². The molecule has 2 aromatic rings. The first kappa shape index (κ1) is 15.9. The first-order valence-electron chi connectivity index (χ1n) is 6.46. The third-order valence-corrected chi connectivity index (χ3v) is 4.75. The second-order valence-corrected chi connectivity index (χ2v) is 6.91. The van der Waals surface area contributed by atoms with Crippen LogP contribution in [-0.4, -0.2) is 19.9 Å². The van der Waals surface area contributed by atoms with Crippen molar-refractivity contribution < 1.29 is 8.42 Å². The Labute approximate surface area is 133 Å². The molecule has 5 nitrogen and oxygen atoms in total. The molecule has 2 N–H and O–H groups in total. The predicted molar refractivity (Wildman–Crippen MR) is 86.6 cm³/mol. The highest BCUT2D eigenvalue weighted by molar-refractivity contribution is 9.10. The molecule has 0 bridgehead atoms. The van der Waals surface area contributed by atoms with E-state index in [1.165, 1.54) is 0 Å². The molecule has 21 heavy (non-hydrogen) atoms. The molecule has 2 rings (SSSR count). The lowest BCUT2D eigenvalue weighted by atomic mass is 10.3. The van der Waals surface area contributed by atoms with E-state index in [0.717, 1.165) is 16.0 Å². The summed E-state index contributed by atoms with van der Waals surface area (Å²) in [6.45, 7) is 2.69. The van der Waals surface area contributed by atoms with Crippen LogP contribution in [0, 0.1) is 0 Å². The fourth-order valence-electron chi connectivity index (χ4n) is 1.77. The van der Waals surface area contributed by atoms with Crippen molar-refractivity contribution in [1.82, 2.24) is 9.71 Å². The van der Waals surface area contributed by atoms with Gasteiger partial charge in [-0.2, -0.15) is 0 Å². The summed E-state index contributed by atoms with van der Waals surface area (Å²) in [7, 11) is -3.40. The number of nitrogens with one attached hydrogen (secondary N) is 2. The van der Waals surface area contributed by atoms with E-state index in [0.29, 0.717) is 13.1 Å². The normalized spacial score (nSPS) is 11.3. The van der Waals surface area contributed by atoms with Crippen molar-refractivity contribution in [2.24, 2.45) is 0 Å². The van der Waals surface area contributed by atoms with Crippen molar-refractivity contribution in [3.8, 4) is 0 Å². The van der Waals surface area contributed by atoms with E-state index in [9.17, 15) is 8.42 Å². The van der Waals surface area contributed by atoms with Crippen LogP contribution in [-0.2, 0) is 16.6 Å². The highest BCUT2D eigenvalue weighted by Crippen LogP contribution is 2.15. The lowest BCUT2D eigenvalue weighted by Crippen LogP contribution is -2.23. The van der Waals surface area contributed by atoms with Gasteiger partial charge in [0.25, 0.3) is 0 Å². The Hall–Kier alpha value is -1.44. The van der Waals surface area contributed by atoms with Gasteiger partial charge in [0.15, 0.2) is 0 Å². The standard InChI is InChI=1S/C14H16BrN3O2S/c1-2-17-21(19,20)13-8-6-11(7-9-13)16-10-12-4-3-5-14(15)18-12/h3-9,16-17H,2,10H2,1H3. The van der Waals surface area contributed by atoms with Crippen molar-refractivity contribution in [1.29, 1.82) is 0 Å². The molecule has 0 spiro atoms. The number of pyridine rings is 1. The maximum absolute atomic E-state index is 11.8. The van der Waals surface area contributed by atoms with Gasteiger partial charge in [0.05, 0.1) is 17.1 Å². The molecule has 1 heterocycles. The summed E-state index contributed by atoms with van der Waals surface area (Å²) in [4.78, 5) is 4.58. The van der Waals surface area contributed by atoms with Crippen LogP contribution in [0.2, 0.25) is 0 Å². The molecule has 0 aliphatic heterocycles. The minimum Gasteiger partial charge on any atom is -0.379 e. The van der Waals surface area contributed by atoms with Gasteiger partial charge in [0.1, 0.15) is 4.60 Å². The summed E-state index contributed by atoms with van der Waals surface area (Å²) in [6.07, 6.45) is 0. The van der Waals surface area contributed by atoms with Gasteiger partial charge in [-0.15, -0.1) is 0 Å². The first-order chi connectivity index (χ1) is 10.0. The molecule has 112 valence electrons. The average Bonchev–Trinajstić information content (AvgIpc) is 2.46. The van der Waals surface area contributed by atoms with Gasteiger partial charge in [-0.1, -0.05) is 13.0 Å². The fraction of sp³-hybridized carbons (Fsp3) is 0.214. The van der Waals surface area contributed by atoms with Gasteiger partial charge >= 0.3 is 0 Å². The summed E-state index contributed by atoms with van der Waals surface area (Å²) in [6, 6.07) is 12.3. The second-order valence-electron chi connectivity index (χ2n) is 4.33. The third kappa shape index (κ3) is 4.52. The molecule has 7 heteroatoms. The van der Waals surface area contributed by atoms with E-state index in [2.05, 4.69) is 31.0 Å². The van der Waals surface area contributed by atoms with Crippen LogP contribution in [0.25, 0.3) is 0 Å². The van der Waals surface area contributed by atoms with E-state index in [1.54, 1.807) is 31.2 Å². The molecule has 0 aliphatic rings. The minimum absolute atomic E-state index is 0.260. The summed E-state index contributed by atoms with van der Waals surface area (Å²) in [5.74, 6) is 0. The number of hydrogen-bond donors (Lipinski definition) is 2. The lowest BCUT2D eigenvalue weighted by Gasteiger charge is -2.08. The largest absolute Gasteiger partial charge is 0.379 e. The molecule has 0 aliphatic carbocycles. The Kier molecular flexibility index (Phi) is 5.33. The van der Waals surface area contributed by atoms with Crippen LogP contribution in [0.5, 0.6) is 0 Å². The summed E-state index contributed by atoms with van der Waals surface area (Å²) in [5.41, 5.74) is 1.74. The Morgan fingerprint density at radius 1 is 1.14 bits per heavy atom. The molecular formula is C14H16BrN3O2S. The maximum atomic E-state index is 11.8. The zero-order valence-electron chi connectivity index (χ0n) is 11.5. The average molecular weight is 370 g/mol. The Bertz CT molecular complexity index is 702. The first-order valence-corrected chi connectivity index (χ1v) is 8.74. The smallest absolute Gasteiger partial charge is 0.240 e. The van der Waals surface area contributed by atoms with Gasteiger partial charge in [-0.3, -0.25) is 0 Å². The molecule has 0 unspecified atom stereocenters. The SMILES string of the molecule is CCNS(=O)(=O)c1ccc(NCc2cccc(Br)n2)cc1. The van der Waals surface area contributed by atoms with E-state index in [1.807, 2.05) is 18.2 Å². The number of rotatable bonds is 6. The molecule has 1 aromatic carbocycles. The van der Waals surface area contributed by atoms with Gasteiger partial charge in [0, 0.05) is 12.2 Å². The molecule has 0 radical (unpaired) electrons. The Morgan fingerprint density at radius 2 is 1.86 bits per heavy atom. The van der Waals surface area contributed by atoms with Crippen molar-refractivity contribution >= 4 is 31.6 Å². The van der Waals surface area contributed by atoms with Gasteiger partial charge in [-0.05, 0) is 52.3 Å². The topological polar surface area (TPSA) is 71.1 Å². The number of benzene rings is 1. The third-order valence-electron chi connectivity index (χ3n) is 2.75. The van der Waals surface area contributed by atoms with E-state index < -0.39 is 10.0 Å². The summed E-state index contributed by atoms with van der Waals surface area (Å²) >= 11 is 3.32. The molecule has 0 atom stereocenters. The van der Waals surface area contributed by atoms with Crippen molar-refractivity contribution in [2.45, 2.75) is 18.4 Å². The Balaban J connectivity index is 2.03. The number of anilines is 1.